The van der Waals surface area contributed by atoms with Crippen molar-refractivity contribution in [1.82, 2.24) is 24.9 Å². The van der Waals surface area contributed by atoms with Gasteiger partial charge in [-0.05, 0) is 60.4 Å². The number of rotatable bonds is 13. The van der Waals surface area contributed by atoms with E-state index in [1.54, 1.807) is 26.3 Å². The third kappa shape index (κ3) is 10.2. The molecule has 0 bridgehead atoms. The third-order valence-electron chi connectivity index (χ3n) is 12.8. The molecule has 2 aromatic rings. The van der Waals surface area contributed by atoms with E-state index in [1.165, 1.54) is 26.0 Å². The predicted octanol–water partition coefficient (Wildman–Crippen LogP) is 5.08. The van der Waals surface area contributed by atoms with Crippen LogP contribution in [-0.2, 0) is 39.9 Å². The zero-order valence-electron chi connectivity index (χ0n) is 37.8. The van der Waals surface area contributed by atoms with Gasteiger partial charge >= 0.3 is 12.1 Å². The molecule has 0 aliphatic carbocycles. The number of ether oxygens (including phenoxy) is 4. The molecule has 13 atom stereocenters. The van der Waals surface area contributed by atoms with Gasteiger partial charge in [0.25, 0.3) is 5.67 Å². The average molecular weight is 871 g/mol. The molecule has 3 saturated heterocycles. The standard InChI is InChI=1S/C45H67FN6O10/c1-12-21-50(10)33-23-28(4)59-40(36(33)53)61-39-30(6)38(54)44(8,46)41(55)60-34(13-2)45(9)37(29(5)35(49-58-11)27(3)24-43(39,7)57)52(42(56)62-45)48-20-17-22-51-25-32(47-26-51)31-18-15-14-16-19-31/h12,14-16,18-19,25-30,33-34,36-37,39-40,48,53,57H,1,13,17,20-24H2,2-11H3/b49-35+/t27-,28-,29+,30+,33+,34-,36-,37?,39-,40?,43-,44+,45-/m1/s1. The van der Waals surface area contributed by atoms with Crippen molar-refractivity contribution in [3.63, 3.8) is 0 Å². The minimum atomic E-state index is -3.24. The Balaban J connectivity index is 1.48. The Morgan fingerprint density at radius 1 is 1.13 bits per heavy atom. The molecule has 3 aliphatic heterocycles. The highest BCUT2D eigenvalue weighted by atomic mass is 19.1. The van der Waals surface area contributed by atoms with E-state index in [0.717, 1.165) is 18.2 Å². The van der Waals surface area contributed by atoms with Crippen LogP contribution >= 0.6 is 0 Å². The average Bonchev–Trinajstić information content (AvgIpc) is 3.80. The number of Topliss-reactive ketones (excluding diaryl/α,β-unsaturated/α-hetero) is 1. The van der Waals surface area contributed by atoms with Crippen molar-refractivity contribution in [2.75, 3.05) is 27.2 Å². The smallest absolute Gasteiger partial charge is 0.425 e. The summed E-state index contributed by atoms with van der Waals surface area (Å²) in [4.78, 5) is 54.0. The monoisotopic (exact) mass is 870 g/mol. The Labute approximate surface area is 364 Å². The van der Waals surface area contributed by atoms with Crippen LogP contribution < -0.4 is 5.43 Å². The van der Waals surface area contributed by atoms with Crippen molar-refractivity contribution in [2.24, 2.45) is 22.9 Å². The molecule has 0 spiro atoms. The highest BCUT2D eigenvalue weighted by molar-refractivity contribution is 6.08. The van der Waals surface area contributed by atoms with Gasteiger partial charge in [-0.3, -0.25) is 9.69 Å². The maximum atomic E-state index is 16.9. The molecule has 1 amide bonds. The lowest BCUT2D eigenvalue weighted by atomic mass is 9.73. The fourth-order valence-electron chi connectivity index (χ4n) is 9.61. The summed E-state index contributed by atoms with van der Waals surface area (Å²) in [7, 11) is 3.21. The van der Waals surface area contributed by atoms with Crippen molar-refractivity contribution in [3.05, 3.63) is 55.5 Å². The zero-order chi connectivity index (χ0) is 45.7. The first-order valence-corrected chi connectivity index (χ1v) is 21.6. The number of hydrogen-bond donors (Lipinski definition) is 3. The van der Waals surface area contributed by atoms with Crippen molar-refractivity contribution in [3.8, 4) is 11.3 Å². The van der Waals surface area contributed by atoms with Gasteiger partial charge in [-0.2, -0.15) is 0 Å². The minimum Gasteiger partial charge on any atom is -0.455 e. The molecule has 0 saturated carbocycles. The molecule has 1 aromatic heterocycles. The zero-order valence-corrected chi connectivity index (χ0v) is 37.8. The minimum absolute atomic E-state index is 0.0834. The molecular weight excluding hydrogens is 804 g/mol. The molecule has 1 aromatic carbocycles. The Morgan fingerprint density at radius 2 is 1.82 bits per heavy atom. The number of carbonyl (C=O) groups excluding carboxylic acids is 3. The Hall–Kier alpha value is -4.26. The number of alkyl halides is 1. The number of fused-ring (bicyclic) bond motifs is 1. The lowest BCUT2D eigenvalue weighted by Gasteiger charge is -2.46. The number of amides is 1. The van der Waals surface area contributed by atoms with E-state index in [0.29, 0.717) is 38.2 Å². The summed E-state index contributed by atoms with van der Waals surface area (Å²) >= 11 is 0. The fourth-order valence-corrected chi connectivity index (χ4v) is 9.61. The van der Waals surface area contributed by atoms with Crippen LogP contribution in [0.25, 0.3) is 11.3 Å². The number of aromatic nitrogens is 2. The van der Waals surface area contributed by atoms with Gasteiger partial charge in [0.1, 0.15) is 25.4 Å². The highest BCUT2D eigenvalue weighted by Gasteiger charge is 2.62. The van der Waals surface area contributed by atoms with Crippen LogP contribution in [0.5, 0.6) is 0 Å². The van der Waals surface area contributed by atoms with Gasteiger partial charge in [0.15, 0.2) is 17.7 Å². The third-order valence-corrected chi connectivity index (χ3v) is 12.8. The van der Waals surface area contributed by atoms with E-state index in [2.05, 4.69) is 22.1 Å². The number of cyclic esters (lactones) is 1. The van der Waals surface area contributed by atoms with E-state index in [-0.39, 0.29) is 12.8 Å². The molecule has 2 unspecified atom stereocenters. The quantitative estimate of drug-likeness (QED) is 0.0797. The van der Waals surface area contributed by atoms with Crippen LogP contribution in [0.2, 0.25) is 0 Å². The summed E-state index contributed by atoms with van der Waals surface area (Å²) in [6.07, 6.45) is -0.0870. The molecule has 17 heteroatoms. The van der Waals surface area contributed by atoms with Crippen LogP contribution in [0.15, 0.2) is 60.7 Å². The second kappa shape index (κ2) is 20.1. The number of aliphatic hydroxyl groups is 2. The Bertz CT molecular complexity index is 1890. The SMILES string of the molecule is C=CCN(C)[C@H]1C[C@@H](C)OC(O[C@@H]2[C@@H](C)C(=O)[C@](C)(F)C(=O)O[C@H](CC)[C@@]3(C)OC(=O)N(NCCCn4cnc(-c5ccccc5)c4)C3[C@@H](C)/C(=N/OC)[C@H](C)C[C@@]2(C)O)[C@@H]1O. The molecule has 62 heavy (non-hydrogen) atoms. The largest absolute Gasteiger partial charge is 0.455 e. The highest BCUT2D eigenvalue weighted by Crippen LogP contribution is 2.43. The summed E-state index contributed by atoms with van der Waals surface area (Å²) in [6, 6.07) is 8.44. The second-order valence-electron chi connectivity index (χ2n) is 17.8. The maximum absolute atomic E-state index is 16.9. The molecule has 344 valence electrons. The van der Waals surface area contributed by atoms with E-state index in [4.69, 9.17) is 23.8 Å². The van der Waals surface area contributed by atoms with Gasteiger partial charge in [-0.1, -0.05) is 69.3 Å². The molecule has 16 nitrogen and oxygen atoms in total. The van der Waals surface area contributed by atoms with E-state index in [1.807, 2.05) is 73.8 Å². The lowest BCUT2D eigenvalue weighted by Crippen LogP contribution is -2.62. The Morgan fingerprint density at radius 3 is 2.47 bits per heavy atom. The molecular formula is C45H67FN6O10. The van der Waals surface area contributed by atoms with Crippen LogP contribution in [0, 0.1) is 17.8 Å². The van der Waals surface area contributed by atoms with Crippen molar-refractivity contribution >= 4 is 23.6 Å². The molecule has 4 heterocycles. The number of hydrazine groups is 1. The number of esters is 1. The van der Waals surface area contributed by atoms with Gasteiger partial charge < -0.3 is 38.6 Å². The summed E-state index contributed by atoms with van der Waals surface area (Å²) in [5.74, 6) is -5.49. The fraction of sp³-hybridized carbons (Fsp3) is 0.667. The maximum Gasteiger partial charge on any atom is 0.425 e. The van der Waals surface area contributed by atoms with Gasteiger partial charge in [0.2, 0.25) is 0 Å². The molecule has 0 radical (unpaired) electrons. The number of ketones is 1. The molecule has 3 N–H and O–H groups in total. The van der Waals surface area contributed by atoms with Crippen LogP contribution in [0.1, 0.15) is 81.1 Å². The summed E-state index contributed by atoms with van der Waals surface area (Å²) < 4.78 is 43.4. The second-order valence-corrected chi connectivity index (χ2v) is 17.8. The van der Waals surface area contributed by atoms with Crippen LogP contribution in [-0.4, -0.2) is 140 Å². The van der Waals surface area contributed by atoms with E-state index in [9.17, 15) is 24.6 Å². The normalized spacial score (nSPS) is 36.8. The van der Waals surface area contributed by atoms with Crippen molar-refractivity contribution < 1.29 is 52.8 Å². The number of halogens is 1. The van der Waals surface area contributed by atoms with Gasteiger partial charge in [0, 0.05) is 55.2 Å². The number of carbonyl (C=O) groups is 3. The molecule has 3 aliphatic rings. The number of hydrogen-bond acceptors (Lipinski definition) is 14. The number of nitrogens with one attached hydrogen (secondary N) is 1. The van der Waals surface area contributed by atoms with Crippen molar-refractivity contribution in [1.29, 1.82) is 0 Å². The number of aryl methyl sites for hydroxylation is 1. The molecule has 5 rings (SSSR count). The van der Waals surface area contributed by atoms with E-state index < -0.39 is 95.3 Å². The summed E-state index contributed by atoms with van der Waals surface area (Å²) in [5.41, 5.74) is -1.30. The molecule has 3 fully saturated rings. The number of benzene rings is 1. The number of nitrogens with zero attached hydrogens (tertiary/aromatic N) is 5. The van der Waals surface area contributed by atoms with Crippen LogP contribution in [0.4, 0.5) is 9.18 Å². The first-order chi connectivity index (χ1) is 29.2. The number of likely N-dealkylation sites (N-methyl/N-ethyl adjacent to an activating group) is 1. The summed E-state index contributed by atoms with van der Waals surface area (Å²) in [6.45, 7) is 17.5. The van der Waals surface area contributed by atoms with Gasteiger partial charge in [-0.15, -0.1) is 6.58 Å². The lowest BCUT2D eigenvalue weighted by molar-refractivity contribution is -0.293. The van der Waals surface area contributed by atoms with Gasteiger partial charge in [-0.25, -0.2) is 29.4 Å². The van der Waals surface area contributed by atoms with Gasteiger partial charge in [0.05, 0.1) is 35.5 Å². The number of oxime groups is 1. The summed E-state index contributed by atoms with van der Waals surface area (Å²) in [5, 5.41) is 29.9. The Kier molecular flexibility index (Phi) is 15.8. The first kappa shape index (κ1) is 48.8. The van der Waals surface area contributed by atoms with E-state index >= 15 is 4.39 Å². The topological polar surface area (TPSA) is 187 Å². The number of imidazole rings is 1. The predicted molar refractivity (Wildman–Crippen MR) is 229 cm³/mol. The van der Waals surface area contributed by atoms with Crippen molar-refractivity contribution in [2.45, 2.75) is 147 Å². The van der Waals surface area contributed by atoms with Crippen LogP contribution in [0.3, 0.4) is 0 Å². The first-order valence-electron chi connectivity index (χ1n) is 21.6. The number of aliphatic hydroxyl groups excluding tert-OH is 1.